The Balaban J connectivity index is 2.82. The summed E-state index contributed by atoms with van der Waals surface area (Å²) in [5.74, 6) is 0.721. The SMILES string of the molecule is CCNC(C)c1cc(Br)ccc1OCC(O)CO. The minimum Gasteiger partial charge on any atom is -0.490 e. The Kier molecular flexibility index (Phi) is 6.63. The van der Waals surface area contributed by atoms with Gasteiger partial charge in [-0.05, 0) is 31.7 Å². The summed E-state index contributed by atoms with van der Waals surface area (Å²) in [6.45, 7) is 4.76. The number of rotatable bonds is 7. The molecule has 0 aliphatic rings. The Morgan fingerprint density at radius 3 is 2.78 bits per heavy atom. The summed E-state index contributed by atoms with van der Waals surface area (Å²) >= 11 is 3.44. The predicted molar refractivity (Wildman–Crippen MR) is 74.8 cm³/mol. The third-order valence-corrected chi connectivity index (χ3v) is 3.08. The number of halogens is 1. The lowest BCUT2D eigenvalue weighted by molar-refractivity contribution is 0.0531. The number of aliphatic hydroxyl groups is 2. The van der Waals surface area contributed by atoms with E-state index in [1.807, 2.05) is 25.1 Å². The van der Waals surface area contributed by atoms with Gasteiger partial charge in [-0.25, -0.2) is 0 Å². The summed E-state index contributed by atoms with van der Waals surface area (Å²) in [5, 5.41) is 21.4. The van der Waals surface area contributed by atoms with Crippen molar-refractivity contribution >= 4 is 15.9 Å². The molecule has 2 atom stereocenters. The third kappa shape index (κ3) is 4.57. The first kappa shape index (κ1) is 15.4. The van der Waals surface area contributed by atoms with Gasteiger partial charge in [0.05, 0.1) is 6.61 Å². The van der Waals surface area contributed by atoms with Gasteiger partial charge >= 0.3 is 0 Å². The van der Waals surface area contributed by atoms with Crippen molar-refractivity contribution in [1.29, 1.82) is 0 Å². The van der Waals surface area contributed by atoms with E-state index in [0.29, 0.717) is 0 Å². The highest BCUT2D eigenvalue weighted by molar-refractivity contribution is 9.10. The number of hydrogen-bond acceptors (Lipinski definition) is 4. The largest absolute Gasteiger partial charge is 0.490 e. The predicted octanol–water partition coefficient (Wildman–Crippen LogP) is 1.85. The van der Waals surface area contributed by atoms with Gasteiger partial charge in [0.1, 0.15) is 18.5 Å². The first-order valence-electron chi connectivity index (χ1n) is 6.03. The Morgan fingerprint density at radius 2 is 2.17 bits per heavy atom. The molecular formula is C13H20BrNO3. The van der Waals surface area contributed by atoms with Crippen molar-refractivity contribution in [2.75, 3.05) is 19.8 Å². The zero-order chi connectivity index (χ0) is 13.5. The third-order valence-electron chi connectivity index (χ3n) is 2.59. The quantitative estimate of drug-likeness (QED) is 0.718. The van der Waals surface area contributed by atoms with E-state index in [-0.39, 0.29) is 19.3 Å². The first-order valence-corrected chi connectivity index (χ1v) is 6.82. The molecule has 1 rings (SSSR count). The van der Waals surface area contributed by atoms with Crippen LogP contribution in [-0.4, -0.2) is 36.1 Å². The molecule has 1 aromatic carbocycles. The second-order valence-electron chi connectivity index (χ2n) is 4.11. The lowest BCUT2D eigenvalue weighted by Gasteiger charge is -2.19. The number of aliphatic hydroxyl groups excluding tert-OH is 2. The maximum Gasteiger partial charge on any atom is 0.124 e. The molecular weight excluding hydrogens is 298 g/mol. The van der Waals surface area contributed by atoms with Crippen LogP contribution in [0.4, 0.5) is 0 Å². The zero-order valence-electron chi connectivity index (χ0n) is 10.7. The molecule has 0 aromatic heterocycles. The fraction of sp³-hybridized carbons (Fsp3) is 0.538. The van der Waals surface area contributed by atoms with Crippen molar-refractivity contribution in [2.24, 2.45) is 0 Å². The van der Waals surface area contributed by atoms with E-state index in [9.17, 15) is 5.11 Å². The molecule has 0 fully saturated rings. The van der Waals surface area contributed by atoms with E-state index in [2.05, 4.69) is 28.2 Å². The molecule has 0 aliphatic carbocycles. The van der Waals surface area contributed by atoms with Crippen LogP contribution in [-0.2, 0) is 0 Å². The summed E-state index contributed by atoms with van der Waals surface area (Å²) in [6, 6.07) is 5.91. The fourth-order valence-corrected chi connectivity index (χ4v) is 2.02. The molecule has 0 radical (unpaired) electrons. The van der Waals surface area contributed by atoms with E-state index in [1.165, 1.54) is 0 Å². The van der Waals surface area contributed by atoms with E-state index in [0.717, 1.165) is 22.3 Å². The van der Waals surface area contributed by atoms with Crippen molar-refractivity contribution in [1.82, 2.24) is 5.32 Å². The number of hydrogen-bond donors (Lipinski definition) is 3. The van der Waals surface area contributed by atoms with Gasteiger partial charge in [-0.15, -0.1) is 0 Å². The smallest absolute Gasteiger partial charge is 0.124 e. The number of ether oxygens (including phenoxy) is 1. The Hall–Kier alpha value is -0.620. The highest BCUT2D eigenvalue weighted by atomic mass is 79.9. The van der Waals surface area contributed by atoms with Gasteiger partial charge in [0.15, 0.2) is 0 Å². The van der Waals surface area contributed by atoms with Crippen LogP contribution >= 0.6 is 15.9 Å². The highest BCUT2D eigenvalue weighted by Crippen LogP contribution is 2.28. The Labute approximate surface area is 116 Å². The molecule has 0 saturated carbocycles. The normalized spacial score (nSPS) is 14.3. The summed E-state index contributed by atoms with van der Waals surface area (Å²) < 4.78 is 6.53. The van der Waals surface area contributed by atoms with Crippen LogP contribution < -0.4 is 10.1 Å². The van der Waals surface area contributed by atoms with Crippen molar-refractivity contribution in [3.05, 3.63) is 28.2 Å². The Bertz CT molecular complexity index is 373. The minimum absolute atomic E-state index is 0.0873. The molecule has 0 aliphatic heterocycles. The van der Waals surface area contributed by atoms with Gasteiger partial charge in [-0.1, -0.05) is 22.9 Å². The molecule has 1 aromatic rings. The van der Waals surface area contributed by atoms with E-state index in [1.54, 1.807) is 0 Å². The molecule has 2 unspecified atom stereocenters. The second kappa shape index (κ2) is 7.74. The van der Waals surface area contributed by atoms with Crippen LogP contribution in [0.25, 0.3) is 0 Å². The average molecular weight is 318 g/mol. The molecule has 5 heteroatoms. The van der Waals surface area contributed by atoms with Gasteiger partial charge in [0, 0.05) is 16.1 Å². The zero-order valence-corrected chi connectivity index (χ0v) is 12.3. The standard InChI is InChI=1S/C13H20BrNO3/c1-3-15-9(2)12-6-10(14)4-5-13(12)18-8-11(17)7-16/h4-6,9,11,15-17H,3,7-8H2,1-2H3. The van der Waals surface area contributed by atoms with Crippen LogP contribution in [0.1, 0.15) is 25.5 Å². The summed E-state index contributed by atoms with van der Waals surface area (Å²) in [5.41, 5.74) is 1.02. The van der Waals surface area contributed by atoms with Crippen molar-refractivity contribution in [3.63, 3.8) is 0 Å². The van der Waals surface area contributed by atoms with E-state index in [4.69, 9.17) is 9.84 Å². The molecule has 4 nitrogen and oxygen atoms in total. The van der Waals surface area contributed by atoms with Crippen molar-refractivity contribution in [2.45, 2.75) is 26.0 Å². The van der Waals surface area contributed by atoms with Gasteiger partial charge in [0.2, 0.25) is 0 Å². The lowest BCUT2D eigenvalue weighted by Crippen LogP contribution is -2.23. The highest BCUT2D eigenvalue weighted by Gasteiger charge is 2.12. The molecule has 0 amide bonds. The van der Waals surface area contributed by atoms with Gasteiger partial charge in [-0.2, -0.15) is 0 Å². The fourth-order valence-electron chi connectivity index (χ4n) is 1.64. The van der Waals surface area contributed by atoms with Gasteiger partial charge < -0.3 is 20.3 Å². The molecule has 0 saturated heterocycles. The van der Waals surface area contributed by atoms with Crippen LogP contribution in [0.2, 0.25) is 0 Å². The second-order valence-corrected chi connectivity index (χ2v) is 5.02. The van der Waals surface area contributed by atoms with E-state index >= 15 is 0 Å². The maximum atomic E-state index is 9.31. The maximum absolute atomic E-state index is 9.31. The molecule has 18 heavy (non-hydrogen) atoms. The van der Waals surface area contributed by atoms with Gasteiger partial charge in [-0.3, -0.25) is 0 Å². The van der Waals surface area contributed by atoms with Gasteiger partial charge in [0.25, 0.3) is 0 Å². The summed E-state index contributed by atoms with van der Waals surface area (Å²) in [6.07, 6.45) is -0.851. The van der Waals surface area contributed by atoms with Crippen LogP contribution in [0, 0.1) is 0 Å². The van der Waals surface area contributed by atoms with Crippen molar-refractivity contribution < 1.29 is 14.9 Å². The first-order chi connectivity index (χ1) is 8.58. The monoisotopic (exact) mass is 317 g/mol. The summed E-state index contributed by atoms with van der Waals surface area (Å²) in [4.78, 5) is 0. The molecule has 3 N–H and O–H groups in total. The van der Waals surface area contributed by atoms with Crippen LogP contribution in [0.5, 0.6) is 5.75 Å². The molecule has 0 bridgehead atoms. The summed E-state index contributed by atoms with van der Waals surface area (Å²) in [7, 11) is 0. The van der Waals surface area contributed by atoms with Crippen LogP contribution in [0.3, 0.4) is 0 Å². The molecule has 102 valence electrons. The lowest BCUT2D eigenvalue weighted by atomic mass is 10.1. The Morgan fingerprint density at radius 1 is 1.44 bits per heavy atom. The topological polar surface area (TPSA) is 61.7 Å². The molecule has 0 spiro atoms. The van der Waals surface area contributed by atoms with Crippen molar-refractivity contribution in [3.8, 4) is 5.75 Å². The van der Waals surface area contributed by atoms with E-state index < -0.39 is 6.10 Å². The number of nitrogens with one attached hydrogen (secondary N) is 1. The molecule has 0 heterocycles. The average Bonchev–Trinajstić information content (AvgIpc) is 2.37. The number of benzene rings is 1. The minimum atomic E-state index is -0.851. The van der Waals surface area contributed by atoms with Crippen LogP contribution in [0.15, 0.2) is 22.7 Å².